The first-order chi connectivity index (χ1) is 48.7. The van der Waals surface area contributed by atoms with Crippen molar-refractivity contribution in [1.29, 1.82) is 0 Å². The van der Waals surface area contributed by atoms with Gasteiger partial charge in [0.2, 0.25) is 23.6 Å². The molecule has 4 amide bonds. The van der Waals surface area contributed by atoms with E-state index in [4.69, 9.17) is 17.2 Å². The monoisotopic (exact) mass is 1380 g/mol. The standard InChI is InChI=1S/C24H33NO.C23H32N2O.2C22H30N2O/c1-18-7-6-10-25(14-18)21(26)24-13-19-11-22(2,16-24)15-23(12-19,17-24)20-8-4-3-5-9-20;1-21-10-17-11-22(14-21,18-6-3-2-4-7-18)16-23(12-17,15-21)20(26)25-9-5-8-19(24)13-25;2*1-20-9-16-10-21(13-20,17-5-3-2-4-6-17)15-22(11-16,14-20)19(25)24-8-7-18(23)12-24/h3-5,8-9,18-19H,6-7,10-17H2,1-2H3;2-4,6-7,17,19H,5,8-16,24H2,1H3;2*2-6,16,18H,7-15,23H2,1H3/t18-,19?,22+,23+,24?;17?,19-,21-,22-,23?;16?,18-,20+,21+,22?;16?,18-,20-,21-,22?/m0101/s1. The van der Waals surface area contributed by atoms with Crippen LogP contribution in [0.25, 0.3) is 0 Å². The molecule has 20 atom stereocenters. The Balaban J connectivity index is 0.000000101. The minimum Gasteiger partial charge on any atom is -0.342 e. The van der Waals surface area contributed by atoms with Crippen molar-refractivity contribution >= 4 is 23.6 Å². The van der Waals surface area contributed by atoms with Gasteiger partial charge in [0.1, 0.15) is 0 Å². The number of benzene rings is 4. The number of piperidine rings is 2. The third kappa shape index (κ3) is 12.2. The first-order valence-electron chi connectivity index (χ1n) is 41.4. The van der Waals surface area contributed by atoms with Crippen molar-refractivity contribution in [2.24, 2.45) is 90.1 Å². The quantitative estimate of drug-likeness (QED) is 0.158. The lowest BCUT2D eigenvalue weighted by Crippen LogP contribution is -2.63. The largest absolute Gasteiger partial charge is 0.342 e. The van der Waals surface area contributed by atoms with Gasteiger partial charge in [-0.25, -0.2) is 0 Å². The maximum absolute atomic E-state index is 13.8. The zero-order chi connectivity index (χ0) is 70.6. The smallest absolute Gasteiger partial charge is 0.228 e. The summed E-state index contributed by atoms with van der Waals surface area (Å²) >= 11 is 0. The summed E-state index contributed by atoms with van der Waals surface area (Å²) in [6.45, 7) is 19.1. The lowest BCUT2D eigenvalue weighted by Gasteiger charge is -2.66. The highest BCUT2D eigenvalue weighted by Crippen LogP contribution is 2.75. The molecule has 16 aliphatic carbocycles. The highest BCUT2D eigenvalue weighted by atomic mass is 16.2. The number of rotatable bonds is 8. The third-order valence-electron chi connectivity index (χ3n) is 31.5. The molecule has 102 heavy (non-hydrogen) atoms. The van der Waals surface area contributed by atoms with E-state index in [0.717, 1.165) is 161 Å². The molecule has 4 heterocycles. The van der Waals surface area contributed by atoms with Crippen LogP contribution >= 0.6 is 0 Å². The van der Waals surface area contributed by atoms with Gasteiger partial charge in [0, 0.05) is 70.5 Å². The summed E-state index contributed by atoms with van der Waals surface area (Å²) in [6, 6.07) is 44.9. The predicted octanol–water partition coefficient (Wildman–Crippen LogP) is 16.0. The van der Waals surface area contributed by atoms with Crippen LogP contribution in [0.2, 0.25) is 0 Å². The fraction of sp³-hybridized carbons (Fsp3) is 0.692. The fourth-order valence-electron chi connectivity index (χ4n) is 30.9. The van der Waals surface area contributed by atoms with Gasteiger partial charge in [-0.1, -0.05) is 156 Å². The van der Waals surface area contributed by atoms with Gasteiger partial charge in [-0.2, -0.15) is 0 Å². The number of nitrogens with zero attached hydrogens (tertiary/aromatic N) is 4. The fourth-order valence-corrected chi connectivity index (χ4v) is 30.9. The molecule has 20 aliphatic rings. The average Bonchev–Trinajstić information content (AvgIpc) is 0.757. The Morgan fingerprint density at radius 3 is 0.804 bits per heavy atom. The van der Waals surface area contributed by atoms with Gasteiger partial charge in [-0.15, -0.1) is 0 Å². The molecule has 0 radical (unpaired) electrons. The molecule has 16 saturated carbocycles. The van der Waals surface area contributed by atoms with Crippen LogP contribution in [0.1, 0.15) is 249 Å². The van der Waals surface area contributed by atoms with E-state index in [2.05, 4.69) is 176 Å². The Kier molecular flexibility index (Phi) is 17.2. The van der Waals surface area contributed by atoms with Gasteiger partial charge in [0.15, 0.2) is 0 Å². The third-order valence-corrected chi connectivity index (χ3v) is 31.5. The minimum absolute atomic E-state index is 0.0823. The molecule has 4 aromatic carbocycles. The lowest BCUT2D eigenvalue weighted by atomic mass is 9.38. The topological polar surface area (TPSA) is 159 Å². The SMILES string of the molecule is C[C@H]1CCCN(C(=O)C23CC4C[C@@](C)(C2)C[C@](c2ccccc2)(C4)C3)C1.C[C@]12CC3CC(C(=O)N4CCC[C@@H](N)C4)(C1)C[C@@](c1ccccc1)(C3)C2.C[C@]12CC3CC(C(=O)N4CC[C@@H](N)C4)(C1)C[C@@](c1ccccc1)(C3)C2.C[C@]12CC3CC(C(=O)N4CC[C@H](N)C4)(C1)C[C@@](c1ccccc1)(C3)C2. The van der Waals surface area contributed by atoms with E-state index in [-0.39, 0.29) is 61.4 Å². The second-order valence-corrected chi connectivity index (χ2v) is 41.2. The summed E-state index contributed by atoms with van der Waals surface area (Å²) in [4.78, 5) is 63.5. The van der Waals surface area contributed by atoms with E-state index in [0.29, 0.717) is 69.0 Å². The van der Waals surface area contributed by atoms with Gasteiger partial charge in [-0.05, 0) is 288 Å². The van der Waals surface area contributed by atoms with E-state index in [1.807, 2.05) is 0 Å². The Morgan fingerprint density at radius 1 is 0.304 bits per heavy atom. The molecule has 11 heteroatoms. The Bertz CT molecular complexity index is 3570. The summed E-state index contributed by atoms with van der Waals surface area (Å²) in [5.74, 6) is 5.33. The lowest BCUT2D eigenvalue weighted by molar-refractivity contribution is -0.172. The first-order valence-corrected chi connectivity index (χ1v) is 41.4. The molecule has 24 rings (SSSR count). The van der Waals surface area contributed by atoms with E-state index in [1.54, 1.807) is 0 Å². The molecule has 548 valence electrons. The highest BCUT2D eigenvalue weighted by molar-refractivity contribution is 5.86. The van der Waals surface area contributed by atoms with Crippen LogP contribution in [0, 0.1) is 72.9 Å². The van der Waals surface area contributed by atoms with Crippen LogP contribution in [-0.4, -0.2) is 114 Å². The molecule has 11 nitrogen and oxygen atoms in total. The van der Waals surface area contributed by atoms with Gasteiger partial charge in [-0.3, -0.25) is 19.2 Å². The molecule has 20 fully saturated rings. The Labute approximate surface area is 612 Å². The summed E-state index contributed by atoms with van der Waals surface area (Å²) < 4.78 is 0. The van der Waals surface area contributed by atoms with Crippen LogP contribution in [0.3, 0.4) is 0 Å². The van der Waals surface area contributed by atoms with Crippen molar-refractivity contribution in [2.75, 3.05) is 52.4 Å². The van der Waals surface area contributed by atoms with Crippen LogP contribution in [-0.2, 0) is 40.8 Å². The number of likely N-dealkylation sites (tertiary alicyclic amines) is 4. The van der Waals surface area contributed by atoms with Crippen molar-refractivity contribution in [3.05, 3.63) is 144 Å². The molecule has 6 N–H and O–H groups in total. The second-order valence-electron chi connectivity index (χ2n) is 41.2. The first kappa shape index (κ1) is 69.7. The number of amides is 4. The van der Waals surface area contributed by atoms with E-state index < -0.39 is 0 Å². The van der Waals surface area contributed by atoms with E-state index >= 15 is 0 Å². The number of carbonyl (C=O) groups is 4. The minimum atomic E-state index is -0.138. The molecular weight excluding hydrogens is 1260 g/mol. The number of carbonyl (C=O) groups excluding carboxylic acids is 4. The molecule has 4 aromatic rings. The zero-order valence-corrected chi connectivity index (χ0v) is 63.2. The van der Waals surface area contributed by atoms with Crippen molar-refractivity contribution < 1.29 is 19.2 Å². The number of hydrogen-bond acceptors (Lipinski definition) is 7. The molecular formula is C91H125N7O4. The Morgan fingerprint density at radius 2 is 0.559 bits per heavy atom. The van der Waals surface area contributed by atoms with Gasteiger partial charge < -0.3 is 36.8 Å². The van der Waals surface area contributed by atoms with Gasteiger partial charge in [0.05, 0.1) is 21.7 Å². The summed E-state index contributed by atoms with van der Waals surface area (Å²) in [6.07, 6.45) is 35.2. The van der Waals surface area contributed by atoms with Gasteiger partial charge in [0.25, 0.3) is 0 Å². The van der Waals surface area contributed by atoms with Crippen molar-refractivity contribution in [3.8, 4) is 0 Å². The molecule has 0 spiro atoms. The molecule has 8 unspecified atom stereocenters. The summed E-state index contributed by atoms with van der Waals surface area (Å²) in [5, 5.41) is 0. The maximum Gasteiger partial charge on any atom is 0.228 e. The van der Waals surface area contributed by atoms with Crippen LogP contribution in [0.15, 0.2) is 121 Å². The van der Waals surface area contributed by atoms with E-state index in [1.165, 1.54) is 112 Å². The predicted molar refractivity (Wildman–Crippen MR) is 407 cm³/mol. The molecule has 4 saturated heterocycles. The molecule has 0 aromatic heterocycles. The van der Waals surface area contributed by atoms with Crippen molar-refractivity contribution in [3.63, 3.8) is 0 Å². The normalized spacial score (nSPS) is 44.7. The Hall–Kier alpha value is -5.36. The van der Waals surface area contributed by atoms with Crippen LogP contribution in [0.4, 0.5) is 0 Å². The summed E-state index contributed by atoms with van der Waals surface area (Å²) in [7, 11) is 0. The maximum atomic E-state index is 13.8. The second kappa shape index (κ2) is 25.1. The average molecular weight is 1380 g/mol. The molecule has 4 aliphatic heterocycles. The number of hydrogen-bond donors (Lipinski definition) is 3. The van der Waals surface area contributed by atoms with Crippen molar-refractivity contribution in [1.82, 2.24) is 19.6 Å². The zero-order valence-electron chi connectivity index (χ0n) is 63.2. The van der Waals surface area contributed by atoms with Crippen molar-refractivity contribution in [2.45, 2.75) is 267 Å². The van der Waals surface area contributed by atoms with E-state index in [9.17, 15) is 19.2 Å². The van der Waals surface area contributed by atoms with Crippen LogP contribution in [0.5, 0.6) is 0 Å². The van der Waals surface area contributed by atoms with Gasteiger partial charge >= 0.3 is 0 Å². The summed E-state index contributed by atoms with van der Waals surface area (Å²) in [5.41, 5.74) is 26.1. The number of nitrogens with two attached hydrogens (primary N) is 3. The van der Waals surface area contributed by atoms with Crippen LogP contribution < -0.4 is 17.2 Å². The highest BCUT2D eigenvalue weighted by Gasteiger charge is 2.70. The molecule has 16 bridgehead atoms.